The number of piperidine rings is 1. The Hall–Kier alpha value is -2.21. The standard InChI is InChI=1S/C17H20FN3O2/c1-12-10-16(20-23-12)11-21-8-6-15(7-9-21)19-17(22)13-2-4-14(18)5-3-13/h2-5,10,15H,6-9,11H2,1H3,(H,19,22). The molecule has 1 aliphatic rings. The van der Waals surface area contributed by atoms with E-state index < -0.39 is 0 Å². The molecule has 1 saturated heterocycles. The van der Waals surface area contributed by atoms with Crippen molar-refractivity contribution in [1.82, 2.24) is 15.4 Å². The Kier molecular flexibility index (Phi) is 4.71. The van der Waals surface area contributed by atoms with Gasteiger partial charge in [-0.15, -0.1) is 0 Å². The first-order chi connectivity index (χ1) is 11.1. The summed E-state index contributed by atoms with van der Waals surface area (Å²) in [5, 5.41) is 7.03. The van der Waals surface area contributed by atoms with Crippen LogP contribution in [0.1, 0.15) is 34.7 Å². The number of nitrogens with one attached hydrogen (secondary N) is 1. The zero-order chi connectivity index (χ0) is 16.2. The molecule has 1 fully saturated rings. The van der Waals surface area contributed by atoms with Gasteiger partial charge in [0.25, 0.3) is 5.91 Å². The molecular weight excluding hydrogens is 297 g/mol. The fourth-order valence-corrected chi connectivity index (χ4v) is 2.83. The number of aryl methyl sites for hydroxylation is 1. The molecule has 3 rings (SSSR count). The van der Waals surface area contributed by atoms with Crippen LogP contribution in [0, 0.1) is 12.7 Å². The fraction of sp³-hybridized carbons (Fsp3) is 0.412. The van der Waals surface area contributed by atoms with Crippen molar-refractivity contribution < 1.29 is 13.7 Å². The van der Waals surface area contributed by atoms with Crippen molar-refractivity contribution in [2.45, 2.75) is 32.4 Å². The topological polar surface area (TPSA) is 58.4 Å². The van der Waals surface area contributed by atoms with Crippen molar-refractivity contribution in [2.24, 2.45) is 0 Å². The number of carbonyl (C=O) groups is 1. The number of hydrogen-bond acceptors (Lipinski definition) is 4. The third-order valence-corrected chi connectivity index (χ3v) is 4.09. The molecule has 1 aromatic heterocycles. The molecule has 0 unspecified atom stereocenters. The van der Waals surface area contributed by atoms with E-state index in [1.807, 2.05) is 13.0 Å². The number of likely N-dealkylation sites (tertiary alicyclic amines) is 1. The molecule has 0 bridgehead atoms. The second-order valence-corrected chi connectivity index (χ2v) is 5.96. The van der Waals surface area contributed by atoms with Gasteiger partial charge in [0.1, 0.15) is 11.6 Å². The number of halogens is 1. The minimum absolute atomic E-state index is 0.143. The van der Waals surface area contributed by atoms with E-state index in [1.54, 1.807) is 0 Å². The predicted molar refractivity (Wildman–Crippen MR) is 83.4 cm³/mol. The molecule has 0 spiro atoms. The highest BCUT2D eigenvalue weighted by Crippen LogP contribution is 2.14. The van der Waals surface area contributed by atoms with Crippen LogP contribution in [-0.2, 0) is 6.54 Å². The highest BCUT2D eigenvalue weighted by Gasteiger charge is 2.21. The molecule has 5 nitrogen and oxygen atoms in total. The van der Waals surface area contributed by atoms with E-state index in [-0.39, 0.29) is 17.8 Å². The lowest BCUT2D eigenvalue weighted by Crippen LogP contribution is -2.44. The number of amides is 1. The molecule has 2 aromatic rings. The summed E-state index contributed by atoms with van der Waals surface area (Å²) in [7, 11) is 0. The molecule has 1 N–H and O–H groups in total. The minimum atomic E-state index is -0.335. The minimum Gasteiger partial charge on any atom is -0.361 e. The molecule has 1 aromatic carbocycles. The normalized spacial score (nSPS) is 16.4. The van der Waals surface area contributed by atoms with E-state index in [1.165, 1.54) is 24.3 Å². The van der Waals surface area contributed by atoms with Crippen LogP contribution in [0.25, 0.3) is 0 Å². The summed E-state index contributed by atoms with van der Waals surface area (Å²) in [4.78, 5) is 14.4. The first-order valence-corrected chi connectivity index (χ1v) is 7.81. The van der Waals surface area contributed by atoms with Gasteiger partial charge in [0.15, 0.2) is 0 Å². The van der Waals surface area contributed by atoms with Crippen molar-refractivity contribution in [3.63, 3.8) is 0 Å². The highest BCUT2D eigenvalue weighted by atomic mass is 19.1. The Balaban J connectivity index is 1.47. The van der Waals surface area contributed by atoms with E-state index in [9.17, 15) is 9.18 Å². The van der Waals surface area contributed by atoms with Crippen molar-refractivity contribution in [1.29, 1.82) is 0 Å². The van der Waals surface area contributed by atoms with Crippen LogP contribution in [0.4, 0.5) is 4.39 Å². The van der Waals surface area contributed by atoms with Gasteiger partial charge >= 0.3 is 0 Å². The Labute approximate surface area is 134 Å². The van der Waals surface area contributed by atoms with Crippen LogP contribution in [0.5, 0.6) is 0 Å². The van der Waals surface area contributed by atoms with Gasteiger partial charge in [-0.1, -0.05) is 5.16 Å². The van der Waals surface area contributed by atoms with Gasteiger partial charge in [-0.05, 0) is 44.0 Å². The third kappa shape index (κ3) is 4.16. The van der Waals surface area contributed by atoms with Crippen LogP contribution >= 0.6 is 0 Å². The van der Waals surface area contributed by atoms with Crippen molar-refractivity contribution >= 4 is 5.91 Å². The quantitative estimate of drug-likeness (QED) is 0.941. The maximum atomic E-state index is 12.9. The highest BCUT2D eigenvalue weighted by molar-refractivity contribution is 5.94. The van der Waals surface area contributed by atoms with Crippen LogP contribution in [0.2, 0.25) is 0 Å². The summed E-state index contributed by atoms with van der Waals surface area (Å²) < 4.78 is 18.0. The van der Waals surface area contributed by atoms with Crippen LogP contribution in [0.15, 0.2) is 34.9 Å². The summed E-state index contributed by atoms with van der Waals surface area (Å²) >= 11 is 0. The largest absolute Gasteiger partial charge is 0.361 e. The molecule has 122 valence electrons. The molecule has 0 atom stereocenters. The molecule has 0 radical (unpaired) electrons. The van der Waals surface area contributed by atoms with Crippen molar-refractivity contribution in [3.8, 4) is 0 Å². The van der Waals surface area contributed by atoms with Crippen molar-refractivity contribution in [3.05, 3.63) is 53.2 Å². The first-order valence-electron chi connectivity index (χ1n) is 7.81. The molecule has 2 heterocycles. The number of hydrogen-bond donors (Lipinski definition) is 1. The maximum absolute atomic E-state index is 12.9. The average molecular weight is 317 g/mol. The molecule has 1 aliphatic heterocycles. The molecule has 0 saturated carbocycles. The van der Waals surface area contributed by atoms with Gasteiger partial charge in [-0.3, -0.25) is 9.69 Å². The Morgan fingerprint density at radius 2 is 2.04 bits per heavy atom. The second-order valence-electron chi connectivity index (χ2n) is 5.96. The number of benzene rings is 1. The lowest BCUT2D eigenvalue weighted by molar-refractivity contribution is 0.0908. The van der Waals surface area contributed by atoms with Crippen molar-refractivity contribution in [2.75, 3.05) is 13.1 Å². The summed E-state index contributed by atoms with van der Waals surface area (Å²) in [6.45, 7) is 4.46. The zero-order valence-electron chi connectivity index (χ0n) is 13.1. The van der Waals surface area contributed by atoms with Gasteiger partial charge in [0, 0.05) is 37.3 Å². The average Bonchev–Trinajstić information content (AvgIpc) is 2.95. The van der Waals surface area contributed by atoms with Crippen LogP contribution < -0.4 is 5.32 Å². The van der Waals surface area contributed by atoms with E-state index >= 15 is 0 Å². The van der Waals surface area contributed by atoms with E-state index in [0.29, 0.717) is 5.56 Å². The van der Waals surface area contributed by atoms with Crippen LogP contribution in [0.3, 0.4) is 0 Å². The van der Waals surface area contributed by atoms with E-state index in [4.69, 9.17) is 4.52 Å². The second kappa shape index (κ2) is 6.91. The Morgan fingerprint density at radius 1 is 1.35 bits per heavy atom. The first kappa shape index (κ1) is 15.7. The number of nitrogens with zero attached hydrogens (tertiary/aromatic N) is 2. The van der Waals surface area contributed by atoms with Gasteiger partial charge < -0.3 is 9.84 Å². The Morgan fingerprint density at radius 3 is 2.65 bits per heavy atom. The molecule has 0 aliphatic carbocycles. The number of carbonyl (C=O) groups excluding carboxylic acids is 1. The lowest BCUT2D eigenvalue weighted by atomic mass is 10.0. The molecular formula is C17H20FN3O2. The summed E-state index contributed by atoms with van der Waals surface area (Å²) in [6.07, 6.45) is 1.79. The lowest BCUT2D eigenvalue weighted by Gasteiger charge is -2.31. The summed E-state index contributed by atoms with van der Waals surface area (Å²) in [6, 6.07) is 7.72. The van der Waals surface area contributed by atoms with E-state index in [0.717, 1.165) is 43.9 Å². The molecule has 1 amide bonds. The van der Waals surface area contributed by atoms with Gasteiger partial charge in [0.05, 0.1) is 5.69 Å². The van der Waals surface area contributed by atoms with Gasteiger partial charge in [0.2, 0.25) is 0 Å². The van der Waals surface area contributed by atoms with Gasteiger partial charge in [-0.25, -0.2) is 4.39 Å². The smallest absolute Gasteiger partial charge is 0.251 e. The van der Waals surface area contributed by atoms with Gasteiger partial charge in [-0.2, -0.15) is 0 Å². The van der Waals surface area contributed by atoms with Crippen LogP contribution in [-0.4, -0.2) is 35.1 Å². The SMILES string of the molecule is Cc1cc(CN2CCC(NC(=O)c3ccc(F)cc3)CC2)no1. The third-order valence-electron chi connectivity index (χ3n) is 4.09. The fourth-order valence-electron chi connectivity index (χ4n) is 2.83. The molecule has 23 heavy (non-hydrogen) atoms. The molecule has 6 heteroatoms. The number of aromatic nitrogens is 1. The Bertz CT molecular complexity index is 661. The van der Waals surface area contributed by atoms with E-state index in [2.05, 4.69) is 15.4 Å². The maximum Gasteiger partial charge on any atom is 0.251 e. The zero-order valence-corrected chi connectivity index (χ0v) is 13.1. The number of rotatable bonds is 4. The monoisotopic (exact) mass is 317 g/mol. The summed E-state index contributed by atoms with van der Waals surface area (Å²) in [5.41, 5.74) is 1.43. The summed E-state index contributed by atoms with van der Waals surface area (Å²) in [5.74, 6) is 0.343. The predicted octanol–water partition coefficient (Wildman–Crippen LogP) is 2.52.